The maximum atomic E-state index is 2.47. The maximum absolute atomic E-state index is 2.47. The third kappa shape index (κ3) is 6.55. The van der Waals surface area contributed by atoms with Gasteiger partial charge in [-0.1, -0.05) is 79.6 Å². The Kier molecular flexibility index (Phi) is 10.2. The third-order valence-electron chi connectivity index (χ3n) is 4.24. The van der Waals surface area contributed by atoms with E-state index in [0.29, 0.717) is 0 Å². The minimum absolute atomic E-state index is 0.920. The van der Waals surface area contributed by atoms with Gasteiger partial charge in [-0.25, -0.2) is 0 Å². The molecule has 0 amide bonds. The van der Waals surface area contributed by atoms with E-state index >= 15 is 0 Å². The lowest BCUT2D eigenvalue weighted by Crippen LogP contribution is -2.19. The van der Waals surface area contributed by atoms with E-state index in [4.69, 9.17) is 0 Å². The maximum Gasteiger partial charge on any atom is -0.0363 e. The van der Waals surface area contributed by atoms with Crippen LogP contribution >= 0.6 is 0 Å². The molecule has 0 nitrogen and oxygen atoms in total. The van der Waals surface area contributed by atoms with Gasteiger partial charge in [0, 0.05) is 0 Å². The monoisotopic (exact) mass is 226 g/mol. The molecule has 0 aliphatic rings. The molecule has 0 aliphatic carbocycles. The first kappa shape index (κ1) is 16.0. The topological polar surface area (TPSA) is 0 Å². The molecule has 0 heteroatoms. The van der Waals surface area contributed by atoms with Gasteiger partial charge in [0.1, 0.15) is 0 Å². The van der Waals surface area contributed by atoms with Crippen LogP contribution in [-0.4, -0.2) is 0 Å². The number of hydrogen-bond donors (Lipinski definition) is 0. The predicted octanol–water partition coefficient (Wildman–Crippen LogP) is 6.06. The van der Waals surface area contributed by atoms with Gasteiger partial charge in [-0.2, -0.15) is 0 Å². The van der Waals surface area contributed by atoms with E-state index in [0.717, 1.165) is 17.8 Å². The van der Waals surface area contributed by atoms with E-state index in [1.807, 2.05) is 0 Å². The molecule has 3 unspecified atom stereocenters. The van der Waals surface area contributed by atoms with Crippen molar-refractivity contribution in [3.8, 4) is 0 Å². The Bertz CT molecular complexity index is 139. The molecule has 0 rings (SSSR count). The summed E-state index contributed by atoms with van der Waals surface area (Å²) >= 11 is 0. The lowest BCUT2D eigenvalue weighted by molar-refractivity contribution is 0.215. The van der Waals surface area contributed by atoms with Crippen LogP contribution in [0.2, 0.25) is 0 Å². The fraction of sp³-hybridized carbons (Fsp3) is 1.00. The second-order valence-electron chi connectivity index (χ2n) is 5.66. The highest BCUT2D eigenvalue weighted by Gasteiger charge is 2.21. The van der Waals surface area contributed by atoms with Crippen molar-refractivity contribution in [2.75, 3.05) is 0 Å². The van der Waals surface area contributed by atoms with Crippen LogP contribution in [0.5, 0.6) is 0 Å². The highest BCUT2D eigenvalue weighted by Crippen LogP contribution is 2.31. The first-order valence-electron chi connectivity index (χ1n) is 7.67. The summed E-state index contributed by atoms with van der Waals surface area (Å²) in [6, 6.07) is 0. The molecule has 0 fully saturated rings. The predicted molar refractivity (Wildman–Crippen MR) is 75.8 cm³/mol. The number of hydrogen-bond acceptors (Lipinski definition) is 0. The van der Waals surface area contributed by atoms with Gasteiger partial charge in [0.15, 0.2) is 0 Å². The Labute approximate surface area is 104 Å². The lowest BCUT2D eigenvalue weighted by atomic mass is 9.77. The Balaban J connectivity index is 3.99. The van der Waals surface area contributed by atoms with E-state index in [1.165, 1.54) is 51.4 Å². The molecule has 0 heterocycles. The van der Waals surface area contributed by atoms with Crippen LogP contribution in [0.15, 0.2) is 0 Å². The SMILES string of the molecule is CCCCCCC(C(C)CC)C(C)CCC. The van der Waals surface area contributed by atoms with Crippen LogP contribution in [0, 0.1) is 17.8 Å². The highest BCUT2D eigenvalue weighted by atomic mass is 14.3. The average Bonchev–Trinajstić information content (AvgIpc) is 2.28. The largest absolute Gasteiger partial charge is 0.0654 e. The van der Waals surface area contributed by atoms with E-state index in [9.17, 15) is 0 Å². The van der Waals surface area contributed by atoms with Crippen LogP contribution in [0.3, 0.4) is 0 Å². The smallest absolute Gasteiger partial charge is 0.0363 e. The van der Waals surface area contributed by atoms with Crippen LogP contribution in [0.25, 0.3) is 0 Å². The van der Waals surface area contributed by atoms with Gasteiger partial charge in [0.05, 0.1) is 0 Å². The van der Waals surface area contributed by atoms with Crippen molar-refractivity contribution in [1.29, 1.82) is 0 Å². The van der Waals surface area contributed by atoms with Gasteiger partial charge in [0.25, 0.3) is 0 Å². The van der Waals surface area contributed by atoms with Gasteiger partial charge in [-0.15, -0.1) is 0 Å². The van der Waals surface area contributed by atoms with Gasteiger partial charge in [-0.3, -0.25) is 0 Å². The molecule has 0 spiro atoms. The molecule has 0 saturated heterocycles. The molecule has 0 aromatic carbocycles. The van der Waals surface area contributed by atoms with E-state index in [2.05, 4.69) is 34.6 Å². The Morgan fingerprint density at radius 2 is 1.38 bits per heavy atom. The molecule has 0 saturated carbocycles. The van der Waals surface area contributed by atoms with Crippen molar-refractivity contribution in [2.24, 2.45) is 17.8 Å². The highest BCUT2D eigenvalue weighted by molar-refractivity contribution is 4.71. The Morgan fingerprint density at radius 3 is 1.88 bits per heavy atom. The molecule has 0 bridgehead atoms. The molecule has 0 radical (unpaired) electrons. The zero-order chi connectivity index (χ0) is 12.4. The summed E-state index contributed by atoms with van der Waals surface area (Å²) in [5.74, 6) is 2.83. The van der Waals surface area contributed by atoms with E-state index in [-0.39, 0.29) is 0 Å². The second-order valence-corrected chi connectivity index (χ2v) is 5.66. The van der Waals surface area contributed by atoms with Crippen molar-refractivity contribution in [3.05, 3.63) is 0 Å². The molecular formula is C16H34. The van der Waals surface area contributed by atoms with Crippen molar-refractivity contribution in [3.63, 3.8) is 0 Å². The van der Waals surface area contributed by atoms with Crippen LogP contribution in [0.4, 0.5) is 0 Å². The Morgan fingerprint density at radius 1 is 0.688 bits per heavy atom. The zero-order valence-corrected chi connectivity index (χ0v) is 12.4. The quantitative estimate of drug-likeness (QED) is 0.397. The van der Waals surface area contributed by atoms with Crippen molar-refractivity contribution in [2.45, 2.75) is 86.0 Å². The summed E-state index contributed by atoms with van der Waals surface area (Å²) in [6.07, 6.45) is 11.3. The molecule has 98 valence electrons. The zero-order valence-electron chi connectivity index (χ0n) is 12.4. The fourth-order valence-electron chi connectivity index (χ4n) is 2.91. The van der Waals surface area contributed by atoms with Crippen LogP contribution in [0.1, 0.15) is 86.0 Å². The average molecular weight is 226 g/mol. The van der Waals surface area contributed by atoms with Crippen molar-refractivity contribution in [1.82, 2.24) is 0 Å². The van der Waals surface area contributed by atoms with Crippen molar-refractivity contribution >= 4 is 0 Å². The van der Waals surface area contributed by atoms with E-state index < -0.39 is 0 Å². The lowest BCUT2D eigenvalue weighted by Gasteiger charge is -2.29. The number of unbranched alkanes of at least 4 members (excludes halogenated alkanes) is 3. The Hall–Kier alpha value is 0. The minimum atomic E-state index is 0.920. The fourth-order valence-corrected chi connectivity index (χ4v) is 2.91. The standard InChI is InChI=1S/C16H34/c1-6-9-10-11-13-16(14(4)8-3)15(5)12-7-2/h14-16H,6-13H2,1-5H3. The van der Waals surface area contributed by atoms with Crippen LogP contribution < -0.4 is 0 Å². The first-order chi connectivity index (χ1) is 7.67. The molecular weight excluding hydrogens is 192 g/mol. The third-order valence-corrected chi connectivity index (χ3v) is 4.24. The molecule has 16 heavy (non-hydrogen) atoms. The molecule has 0 aromatic heterocycles. The second kappa shape index (κ2) is 10.2. The molecule has 0 N–H and O–H groups in total. The first-order valence-corrected chi connectivity index (χ1v) is 7.67. The van der Waals surface area contributed by atoms with Crippen LogP contribution in [-0.2, 0) is 0 Å². The molecule has 0 aliphatic heterocycles. The summed E-state index contributed by atoms with van der Waals surface area (Å²) in [7, 11) is 0. The summed E-state index contributed by atoms with van der Waals surface area (Å²) in [5, 5.41) is 0. The molecule has 0 aromatic rings. The summed E-state index contributed by atoms with van der Waals surface area (Å²) < 4.78 is 0. The van der Waals surface area contributed by atoms with Gasteiger partial charge in [0.2, 0.25) is 0 Å². The van der Waals surface area contributed by atoms with Gasteiger partial charge >= 0.3 is 0 Å². The molecule has 3 atom stereocenters. The van der Waals surface area contributed by atoms with Gasteiger partial charge in [-0.05, 0) is 24.2 Å². The minimum Gasteiger partial charge on any atom is -0.0654 e. The number of rotatable bonds is 10. The normalized spacial score (nSPS) is 17.1. The van der Waals surface area contributed by atoms with Crippen molar-refractivity contribution < 1.29 is 0 Å². The van der Waals surface area contributed by atoms with E-state index in [1.54, 1.807) is 0 Å². The summed E-state index contributed by atoms with van der Waals surface area (Å²) in [6.45, 7) is 11.9. The van der Waals surface area contributed by atoms with Gasteiger partial charge < -0.3 is 0 Å². The summed E-state index contributed by atoms with van der Waals surface area (Å²) in [5.41, 5.74) is 0. The summed E-state index contributed by atoms with van der Waals surface area (Å²) in [4.78, 5) is 0.